The molecule has 5 heteroatoms. The summed E-state index contributed by atoms with van der Waals surface area (Å²) in [4.78, 5) is 21.7. The van der Waals surface area contributed by atoms with E-state index in [9.17, 15) is 9.90 Å². The summed E-state index contributed by atoms with van der Waals surface area (Å²) in [7, 11) is 0. The number of pyridine rings is 1. The van der Waals surface area contributed by atoms with E-state index in [0.717, 1.165) is 66.0 Å². The second-order valence-electron chi connectivity index (χ2n) is 9.19. The number of aryl methyl sites for hydroxylation is 2. The van der Waals surface area contributed by atoms with Gasteiger partial charge in [0.2, 0.25) is 0 Å². The molecular weight excluding hydrogens is 374 g/mol. The maximum absolute atomic E-state index is 11.9. The number of imidazole rings is 1. The largest absolute Gasteiger partial charge is 0.481 e. The SMILES string of the molecule is Cc1cc(C)c2nc(C3CC3)n(Cc3ccc(C(C(=O)O)C4CCCC4)cc3)c2n1. The predicted molar refractivity (Wildman–Crippen MR) is 117 cm³/mol. The molecule has 5 rings (SSSR count). The van der Waals surface area contributed by atoms with Gasteiger partial charge in [-0.25, -0.2) is 9.97 Å². The molecule has 2 aliphatic carbocycles. The molecular formula is C25H29N3O2. The van der Waals surface area contributed by atoms with E-state index in [2.05, 4.69) is 29.7 Å². The molecule has 2 heterocycles. The highest BCUT2D eigenvalue weighted by molar-refractivity contribution is 5.77. The van der Waals surface area contributed by atoms with Crippen molar-refractivity contribution in [2.45, 2.75) is 70.8 Å². The number of aromatic nitrogens is 3. The van der Waals surface area contributed by atoms with E-state index < -0.39 is 5.97 Å². The summed E-state index contributed by atoms with van der Waals surface area (Å²) in [5.41, 5.74) is 6.26. The maximum Gasteiger partial charge on any atom is 0.311 e. The highest BCUT2D eigenvalue weighted by atomic mass is 16.4. The fourth-order valence-corrected chi connectivity index (χ4v) is 5.15. The molecule has 0 aliphatic heterocycles. The molecule has 0 saturated heterocycles. The first-order valence-corrected chi connectivity index (χ1v) is 11.2. The Morgan fingerprint density at radius 1 is 1.10 bits per heavy atom. The Hall–Kier alpha value is -2.69. The molecule has 3 aromatic rings. The lowest BCUT2D eigenvalue weighted by Crippen LogP contribution is -2.19. The van der Waals surface area contributed by atoms with Crippen molar-refractivity contribution in [1.82, 2.24) is 14.5 Å². The van der Waals surface area contributed by atoms with E-state index in [1.54, 1.807) is 0 Å². The molecule has 5 nitrogen and oxygen atoms in total. The normalized spacial score (nSPS) is 18.2. The van der Waals surface area contributed by atoms with Gasteiger partial charge in [-0.2, -0.15) is 0 Å². The third-order valence-corrected chi connectivity index (χ3v) is 6.81. The fraction of sp³-hybridized carbons (Fsp3) is 0.480. The first-order valence-electron chi connectivity index (χ1n) is 11.2. The van der Waals surface area contributed by atoms with Gasteiger partial charge in [0.15, 0.2) is 5.65 Å². The molecule has 0 bridgehead atoms. The number of carbonyl (C=O) groups is 1. The van der Waals surface area contributed by atoms with Crippen molar-refractivity contribution in [2.75, 3.05) is 0 Å². The molecule has 2 fully saturated rings. The first-order chi connectivity index (χ1) is 14.5. The van der Waals surface area contributed by atoms with Gasteiger partial charge in [0.05, 0.1) is 12.5 Å². The lowest BCUT2D eigenvalue weighted by molar-refractivity contribution is -0.140. The molecule has 0 spiro atoms. The Balaban J connectivity index is 1.47. The molecule has 156 valence electrons. The van der Waals surface area contributed by atoms with Gasteiger partial charge in [-0.15, -0.1) is 0 Å². The van der Waals surface area contributed by atoms with E-state index in [-0.39, 0.29) is 11.8 Å². The number of benzene rings is 1. The summed E-state index contributed by atoms with van der Waals surface area (Å²) < 4.78 is 2.27. The average molecular weight is 404 g/mol. The van der Waals surface area contributed by atoms with Crippen LogP contribution in [0.2, 0.25) is 0 Å². The van der Waals surface area contributed by atoms with Crippen LogP contribution in [0.3, 0.4) is 0 Å². The molecule has 0 amide bonds. The summed E-state index contributed by atoms with van der Waals surface area (Å²) in [6, 6.07) is 10.3. The Kier molecular flexibility index (Phi) is 4.84. The molecule has 2 aromatic heterocycles. The van der Waals surface area contributed by atoms with Crippen LogP contribution in [-0.2, 0) is 11.3 Å². The lowest BCUT2D eigenvalue weighted by Gasteiger charge is -2.20. The van der Waals surface area contributed by atoms with Gasteiger partial charge in [-0.1, -0.05) is 37.1 Å². The van der Waals surface area contributed by atoms with E-state index in [1.165, 1.54) is 18.4 Å². The van der Waals surface area contributed by atoms with Crippen LogP contribution in [0.1, 0.15) is 78.6 Å². The van der Waals surface area contributed by atoms with Crippen LogP contribution in [0.4, 0.5) is 0 Å². The van der Waals surface area contributed by atoms with Crippen LogP contribution in [0.15, 0.2) is 30.3 Å². The summed E-state index contributed by atoms with van der Waals surface area (Å²) in [5, 5.41) is 9.82. The van der Waals surface area contributed by atoms with Crippen LogP contribution in [0.5, 0.6) is 0 Å². The molecule has 2 aliphatic rings. The number of carboxylic acids is 1. The minimum Gasteiger partial charge on any atom is -0.481 e. The number of carboxylic acid groups (broad SMARTS) is 1. The highest BCUT2D eigenvalue weighted by Gasteiger charge is 2.32. The zero-order valence-corrected chi connectivity index (χ0v) is 17.8. The van der Waals surface area contributed by atoms with Gasteiger partial charge >= 0.3 is 5.97 Å². The minimum atomic E-state index is -0.693. The molecule has 2 saturated carbocycles. The van der Waals surface area contributed by atoms with Crippen LogP contribution < -0.4 is 0 Å². The van der Waals surface area contributed by atoms with E-state index >= 15 is 0 Å². The Bertz CT molecular complexity index is 1090. The number of aliphatic carboxylic acids is 1. The molecule has 1 unspecified atom stereocenters. The van der Waals surface area contributed by atoms with Crippen molar-refractivity contribution in [3.05, 3.63) is 58.5 Å². The topological polar surface area (TPSA) is 68.0 Å². The van der Waals surface area contributed by atoms with Gasteiger partial charge < -0.3 is 9.67 Å². The van der Waals surface area contributed by atoms with Crippen LogP contribution in [0, 0.1) is 19.8 Å². The van der Waals surface area contributed by atoms with E-state index in [0.29, 0.717) is 5.92 Å². The van der Waals surface area contributed by atoms with Crippen LogP contribution in [-0.4, -0.2) is 25.6 Å². The quantitative estimate of drug-likeness (QED) is 0.604. The average Bonchev–Trinajstić information content (AvgIpc) is 3.29. The predicted octanol–water partition coefficient (Wildman–Crippen LogP) is 5.33. The Morgan fingerprint density at radius 2 is 1.80 bits per heavy atom. The van der Waals surface area contributed by atoms with Gasteiger partial charge in [-0.3, -0.25) is 4.79 Å². The molecule has 1 N–H and O–H groups in total. The number of hydrogen-bond acceptors (Lipinski definition) is 3. The third-order valence-electron chi connectivity index (χ3n) is 6.81. The number of nitrogens with zero attached hydrogens (tertiary/aromatic N) is 3. The molecule has 1 atom stereocenters. The molecule has 0 radical (unpaired) electrons. The van der Waals surface area contributed by atoms with Gasteiger partial charge in [-0.05, 0) is 68.2 Å². The number of rotatable bonds is 6. The van der Waals surface area contributed by atoms with Gasteiger partial charge in [0.25, 0.3) is 0 Å². The van der Waals surface area contributed by atoms with Gasteiger partial charge in [0, 0.05) is 11.6 Å². The van der Waals surface area contributed by atoms with Gasteiger partial charge in [0.1, 0.15) is 11.3 Å². The maximum atomic E-state index is 11.9. The zero-order chi connectivity index (χ0) is 20.8. The second kappa shape index (κ2) is 7.53. The Labute approximate surface area is 177 Å². The fourth-order valence-electron chi connectivity index (χ4n) is 5.15. The van der Waals surface area contributed by atoms with Crippen molar-refractivity contribution < 1.29 is 9.90 Å². The summed E-state index contributed by atoms with van der Waals surface area (Å²) in [5.74, 6) is 0.871. The molecule has 30 heavy (non-hydrogen) atoms. The number of hydrogen-bond donors (Lipinski definition) is 1. The van der Waals surface area contributed by atoms with Crippen LogP contribution in [0.25, 0.3) is 11.2 Å². The monoisotopic (exact) mass is 403 g/mol. The third kappa shape index (κ3) is 3.51. The number of fused-ring (bicyclic) bond motifs is 1. The van der Waals surface area contributed by atoms with E-state index in [1.807, 2.05) is 19.1 Å². The van der Waals surface area contributed by atoms with Crippen LogP contribution >= 0.6 is 0 Å². The Morgan fingerprint density at radius 3 is 2.43 bits per heavy atom. The smallest absolute Gasteiger partial charge is 0.311 e. The molecule has 1 aromatic carbocycles. The zero-order valence-electron chi connectivity index (χ0n) is 17.8. The summed E-state index contributed by atoms with van der Waals surface area (Å²) >= 11 is 0. The van der Waals surface area contributed by atoms with Crippen molar-refractivity contribution in [2.24, 2.45) is 5.92 Å². The minimum absolute atomic E-state index is 0.266. The summed E-state index contributed by atoms with van der Waals surface area (Å²) in [6.07, 6.45) is 6.74. The van der Waals surface area contributed by atoms with Crippen molar-refractivity contribution in [3.8, 4) is 0 Å². The van der Waals surface area contributed by atoms with Crippen molar-refractivity contribution in [1.29, 1.82) is 0 Å². The first kappa shape index (κ1) is 19.3. The van der Waals surface area contributed by atoms with E-state index in [4.69, 9.17) is 9.97 Å². The standard InChI is InChI=1S/C25H29N3O2/c1-15-13-16(2)26-24-22(15)27-23(20-11-12-20)28(24)14-17-7-9-19(10-8-17)21(25(29)30)18-5-3-4-6-18/h7-10,13,18,20-21H,3-6,11-12,14H2,1-2H3,(H,29,30). The van der Waals surface area contributed by atoms with Crippen molar-refractivity contribution in [3.63, 3.8) is 0 Å². The van der Waals surface area contributed by atoms with Crippen molar-refractivity contribution >= 4 is 17.1 Å². The lowest BCUT2D eigenvalue weighted by atomic mass is 9.84. The highest BCUT2D eigenvalue weighted by Crippen LogP contribution is 2.41. The second-order valence-corrected chi connectivity index (χ2v) is 9.19. The summed E-state index contributed by atoms with van der Waals surface area (Å²) in [6.45, 7) is 4.86.